The lowest BCUT2D eigenvalue weighted by Gasteiger charge is -2.08. The van der Waals surface area contributed by atoms with E-state index in [4.69, 9.17) is 4.42 Å². The number of amides is 3. The van der Waals surface area contributed by atoms with Gasteiger partial charge in [-0.05, 0) is 30.3 Å². The second-order valence-corrected chi connectivity index (χ2v) is 8.77. The molecule has 0 radical (unpaired) electrons. The van der Waals surface area contributed by atoms with Crippen LogP contribution < -0.4 is 16.0 Å². The number of para-hydroxylation sites is 1. The zero-order valence-corrected chi connectivity index (χ0v) is 17.1. The van der Waals surface area contributed by atoms with Crippen LogP contribution in [0.2, 0.25) is 0 Å². The molecule has 3 aromatic rings. The van der Waals surface area contributed by atoms with E-state index < -0.39 is 15.7 Å². The zero-order chi connectivity index (χ0) is 21.7. The normalized spacial score (nSPS) is 11.1. The molecule has 30 heavy (non-hydrogen) atoms. The maximum Gasteiger partial charge on any atom is 0.319 e. The summed E-state index contributed by atoms with van der Waals surface area (Å²) in [7, 11) is -3.38. The van der Waals surface area contributed by atoms with Crippen molar-refractivity contribution < 1.29 is 22.4 Å². The standard InChI is InChI=1S/C21H21N3O5S/c1-3-12-22-21(26)24-15-10-8-14(9-11-15)23-20(25)19-17(13-30(2,27)28)16-6-4-5-7-18(16)29-19/h3-11H,1,12-13H2,2H3,(H,23,25)(H2,22,24,26). The van der Waals surface area contributed by atoms with Gasteiger partial charge in [0.25, 0.3) is 5.91 Å². The van der Waals surface area contributed by atoms with Crippen molar-refractivity contribution in [2.24, 2.45) is 0 Å². The highest BCUT2D eigenvalue weighted by atomic mass is 32.2. The highest BCUT2D eigenvalue weighted by Gasteiger charge is 2.23. The summed E-state index contributed by atoms with van der Waals surface area (Å²) in [6.45, 7) is 3.86. The van der Waals surface area contributed by atoms with Gasteiger partial charge in [-0.15, -0.1) is 6.58 Å². The van der Waals surface area contributed by atoms with Crippen molar-refractivity contribution in [2.75, 3.05) is 23.4 Å². The maximum atomic E-state index is 12.8. The summed E-state index contributed by atoms with van der Waals surface area (Å²) in [5.74, 6) is -0.919. The lowest BCUT2D eigenvalue weighted by Crippen LogP contribution is -2.28. The van der Waals surface area contributed by atoms with Crippen LogP contribution in [-0.2, 0) is 15.6 Å². The highest BCUT2D eigenvalue weighted by molar-refractivity contribution is 7.89. The van der Waals surface area contributed by atoms with Gasteiger partial charge < -0.3 is 20.4 Å². The minimum atomic E-state index is -3.38. The molecule has 2 aromatic carbocycles. The van der Waals surface area contributed by atoms with Crippen LogP contribution in [-0.4, -0.2) is 33.2 Å². The molecule has 0 aliphatic rings. The van der Waals surface area contributed by atoms with Crippen molar-refractivity contribution >= 4 is 44.1 Å². The third-order valence-electron chi connectivity index (χ3n) is 4.12. The first-order valence-electron chi connectivity index (χ1n) is 9.02. The molecule has 0 spiro atoms. The molecular formula is C21H21N3O5S. The summed E-state index contributed by atoms with van der Waals surface area (Å²) >= 11 is 0. The van der Waals surface area contributed by atoms with Crippen LogP contribution >= 0.6 is 0 Å². The van der Waals surface area contributed by atoms with Crippen LogP contribution in [0.3, 0.4) is 0 Å². The van der Waals surface area contributed by atoms with E-state index in [1.807, 2.05) is 0 Å². The second-order valence-electron chi connectivity index (χ2n) is 6.63. The van der Waals surface area contributed by atoms with Gasteiger partial charge in [0.2, 0.25) is 0 Å². The first-order valence-corrected chi connectivity index (χ1v) is 11.1. The summed E-state index contributed by atoms with van der Waals surface area (Å²) in [5.41, 5.74) is 1.76. The predicted molar refractivity (Wildman–Crippen MR) is 116 cm³/mol. The van der Waals surface area contributed by atoms with Gasteiger partial charge in [-0.1, -0.05) is 24.3 Å². The molecular weight excluding hydrogens is 406 g/mol. The number of rotatable bonds is 7. The molecule has 0 saturated carbocycles. The van der Waals surface area contributed by atoms with Crippen LogP contribution in [0.1, 0.15) is 16.1 Å². The van der Waals surface area contributed by atoms with E-state index in [1.165, 1.54) is 0 Å². The fraction of sp³-hybridized carbons (Fsp3) is 0.143. The topological polar surface area (TPSA) is 118 Å². The van der Waals surface area contributed by atoms with Crippen molar-refractivity contribution in [1.82, 2.24) is 5.32 Å². The van der Waals surface area contributed by atoms with Gasteiger partial charge in [-0.2, -0.15) is 0 Å². The number of sulfone groups is 1. The number of nitrogens with one attached hydrogen (secondary N) is 3. The van der Waals surface area contributed by atoms with Crippen LogP contribution in [0.15, 0.2) is 65.6 Å². The number of furan rings is 1. The Hall–Kier alpha value is -3.59. The van der Waals surface area contributed by atoms with Crippen molar-refractivity contribution in [3.05, 3.63) is 72.5 Å². The van der Waals surface area contributed by atoms with Gasteiger partial charge in [0.15, 0.2) is 15.6 Å². The molecule has 0 fully saturated rings. The molecule has 9 heteroatoms. The van der Waals surface area contributed by atoms with E-state index in [9.17, 15) is 18.0 Å². The van der Waals surface area contributed by atoms with Gasteiger partial charge in [0.05, 0.1) is 5.75 Å². The number of urea groups is 1. The number of carbonyl (C=O) groups is 2. The van der Waals surface area contributed by atoms with E-state index in [-0.39, 0.29) is 17.5 Å². The Morgan fingerprint density at radius 1 is 1.03 bits per heavy atom. The van der Waals surface area contributed by atoms with Crippen LogP contribution in [0.25, 0.3) is 11.0 Å². The Balaban J connectivity index is 1.79. The quantitative estimate of drug-likeness (QED) is 0.499. The number of carbonyl (C=O) groups excluding carboxylic acids is 2. The van der Waals surface area contributed by atoms with E-state index in [1.54, 1.807) is 54.6 Å². The summed E-state index contributed by atoms with van der Waals surface area (Å²) < 4.78 is 29.3. The minimum Gasteiger partial charge on any atom is -0.451 e. The molecule has 0 unspecified atom stereocenters. The Labute approximate surface area is 173 Å². The lowest BCUT2D eigenvalue weighted by atomic mass is 10.1. The van der Waals surface area contributed by atoms with E-state index in [0.29, 0.717) is 34.5 Å². The molecule has 8 nitrogen and oxygen atoms in total. The summed E-state index contributed by atoms with van der Waals surface area (Å²) in [5, 5.41) is 8.51. The SMILES string of the molecule is C=CCNC(=O)Nc1ccc(NC(=O)c2oc3ccccc3c2CS(C)(=O)=O)cc1. The molecule has 0 aliphatic carbocycles. The fourth-order valence-corrected chi connectivity index (χ4v) is 3.66. The molecule has 1 heterocycles. The number of anilines is 2. The van der Waals surface area contributed by atoms with Gasteiger partial charge in [-0.3, -0.25) is 4.79 Å². The Kier molecular flexibility index (Phi) is 6.22. The lowest BCUT2D eigenvalue weighted by molar-refractivity contribution is 0.0998. The van der Waals surface area contributed by atoms with Crippen molar-refractivity contribution in [3.63, 3.8) is 0 Å². The minimum absolute atomic E-state index is 0.0485. The molecule has 3 amide bonds. The van der Waals surface area contributed by atoms with Crippen LogP contribution in [0, 0.1) is 0 Å². The van der Waals surface area contributed by atoms with Gasteiger partial charge >= 0.3 is 6.03 Å². The largest absolute Gasteiger partial charge is 0.451 e. The number of hydrogen-bond donors (Lipinski definition) is 3. The van der Waals surface area contributed by atoms with Crippen LogP contribution in [0.4, 0.5) is 16.2 Å². The number of benzene rings is 2. The smallest absolute Gasteiger partial charge is 0.319 e. The first-order chi connectivity index (χ1) is 14.3. The predicted octanol–water partition coefficient (Wildman–Crippen LogP) is 3.54. The zero-order valence-electron chi connectivity index (χ0n) is 16.3. The van der Waals surface area contributed by atoms with Crippen LogP contribution in [0.5, 0.6) is 0 Å². The summed E-state index contributed by atoms with van der Waals surface area (Å²) in [6.07, 6.45) is 2.67. The second kappa shape index (κ2) is 8.83. The Bertz CT molecular complexity index is 1200. The Morgan fingerprint density at radius 3 is 2.30 bits per heavy atom. The molecule has 0 aliphatic heterocycles. The third-order valence-corrected chi connectivity index (χ3v) is 4.93. The summed E-state index contributed by atoms with van der Waals surface area (Å²) in [6, 6.07) is 13.0. The molecule has 0 bridgehead atoms. The van der Waals surface area contributed by atoms with Gasteiger partial charge in [-0.25, -0.2) is 13.2 Å². The maximum absolute atomic E-state index is 12.8. The molecule has 3 rings (SSSR count). The van der Waals surface area contributed by atoms with Crippen molar-refractivity contribution in [2.45, 2.75) is 5.75 Å². The summed E-state index contributed by atoms with van der Waals surface area (Å²) in [4.78, 5) is 24.4. The van der Waals surface area contributed by atoms with Crippen molar-refractivity contribution in [1.29, 1.82) is 0 Å². The average Bonchev–Trinajstić information content (AvgIpc) is 3.05. The Morgan fingerprint density at radius 2 is 1.67 bits per heavy atom. The fourth-order valence-electron chi connectivity index (χ4n) is 2.85. The van der Waals surface area contributed by atoms with Gasteiger partial charge in [0, 0.05) is 35.1 Å². The molecule has 0 saturated heterocycles. The van der Waals surface area contributed by atoms with Crippen molar-refractivity contribution in [3.8, 4) is 0 Å². The molecule has 0 atom stereocenters. The third kappa shape index (κ3) is 5.26. The highest BCUT2D eigenvalue weighted by Crippen LogP contribution is 2.28. The number of fused-ring (bicyclic) bond motifs is 1. The van der Waals surface area contributed by atoms with Gasteiger partial charge in [0.1, 0.15) is 5.58 Å². The molecule has 156 valence electrons. The molecule has 1 aromatic heterocycles. The van der Waals surface area contributed by atoms with E-state index in [0.717, 1.165) is 6.26 Å². The molecule has 3 N–H and O–H groups in total. The monoisotopic (exact) mass is 427 g/mol. The van der Waals surface area contributed by atoms with E-state index >= 15 is 0 Å². The number of hydrogen-bond acceptors (Lipinski definition) is 5. The first kappa shape index (κ1) is 21.1. The van der Waals surface area contributed by atoms with E-state index in [2.05, 4.69) is 22.5 Å². The average molecular weight is 427 g/mol.